The highest BCUT2D eigenvalue weighted by atomic mass is 16.6. The quantitative estimate of drug-likeness (QED) is 0.793. The molecule has 3 heterocycles. The third kappa shape index (κ3) is 3.84. The van der Waals surface area contributed by atoms with Crippen LogP contribution in [0.1, 0.15) is 36.0 Å². The lowest BCUT2D eigenvalue weighted by atomic mass is 10.0. The fourth-order valence-corrected chi connectivity index (χ4v) is 4.75. The fraction of sp³-hybridized carbons (Fsp3) is 0.458. The molecule has 0 spiro atoms. The summed E-state index contributed by atoms with van der Waals surface area (Å²) in [6, 6.07) is 14.3. The topological polar surface area (TPSA) is 42.0 Å². The summed E-state index contributed by atoms with van der Waals surface area (Å²) in [7, 11) is 0. The molecule has 5 nitrogen and oxygen atoms in total. The molecule has 0 aromatic heterocycles. The number of hydrogen-bond donors (Lipinski definition) is 0. The van der Waals surface area contributed by atoms with E-state index in [0.717, 1.165) is 54.1 Å². The lowest BCUT2D eigenvalue weighted by molar-refractivity contribution is 0.0709. The molecule has 0 N–H and O–H groups in total. The van der Waals surface area contributed by atoms with Gasteiger partial charge in [-0.3, -0.25) is 4.79 Å². The number of carbonyl (C=O) groups excluding carboxylic acids is 1. The molecule has 3 aliphatic heterocycles. The van der Waals surface area contributed by atoms with E-state index in [9.17, 15) is 4.79 Å². The highest BCUT2D eigenvalue weighted by Crippen LogP contribution is 2.34. The van der Waals surface area contributed by atoms with Gasteiger partial charge in [0.2, 0.25) is 0 Å². The third-order valence-electron chi connectivity index (χ3n) is 6.31. The van der Waals surface area contributed by atoms with Crippen molar-refractivity contribution < 1.29 is 14.3 Å². The van der Waals surface area contributed by atoms with Crippen molar-refractivity contribution in [2.24, 2.45) is 0 Å². The highest BCUT2D eigenvalue weighted by molar-refractivity contribution is 5.95. The SMILES string of the molecule is O=C(c1ccc(-c2ccc3c(c2)OCCO3)cc1)N1CCCC1CN1CCCC1. The van der Waals surface area contributed by atoms with Gasteiger partial charge in [-0.25, -0.2) is 0 Å². The summed E-state index contributed by atoms with van der Waals surface area (Å²) >= 11 is 0. The van der Waals surface area contributed by atoms with E-state index in [0.29, 0.717) is 19.3 Å². The maximum Gasteiger partial charge on any atom is 0.254 e. The molecule has 152 valence electrons. The number of ether oxygens (including phenoxy) is 2. The number of rotatable bonds is 4. The Labute approximate surface area is 172 Å². The fourth-order valence-electron chi connectivity index (χ4n) is 4.75. The van der Waals surface area contributed by atoms with Crippen LogP contribution in [-0.4, -0.2) is 61.1 Å². The minimum absolute atomic E-state index is 0.167. The van der Waals surface area contributed by atoms with E-state index in [1.54, 1.807) is 0 Å². The number of hydrogen-bond acceptors (Lipinski definition) is 4. The monoisotopic (exact) mass is 392 g/mol. The van der Waals surface area contributed by atoms with Gasteiger partial charge in [-0.05, 0) is 74.2 Å². The van der Waals surface area contributed by atoms with Crippen LogP contribution in [0.25, 0.3) is 11.1 Å². The molecule has 1 atom stereocenters. The molecule has 2 aromatic rings. The van der Waals surface area contributed by atoms with Gasteiger partial charge in [0, 0.05) is 24.7 Å². The van der Waals surface area contributed by atoms with Crippen LogP contribution in [0, 0.1) is 0 Å². The average molecular weight is 392 g/mol. The average Bonchev–Trinajstić information content (AvgIpc) is 3.45. The van der Waals surface area contributed by atoms with Crippen molar-refractivity contribution in [1.29, 1.82) is 0 Å². The minimum Gasteiger partial charge on any atom is -0.486 e. The highest BCUT2D eigenvalue weighted by Gasteiger charge is 2.31. The molecule has 2 saturated heterocycles. The number of likely N-dealkylation sites (tertiary alicyclic amines) is 2. The summed E-state index contributed by atoms with van der Waals surface area (Å²) in [5.74, 6) is 1.75. The zero-order valence-corrected chi connectivity index (χ0v) is 16.8. The molecule has 0 radical (unpaired) electrons. The van der Waals surface area contributed by atoms with Crippen LogP contribution in [0.3, 0.4) is 0 Å². The first-order chi connectivity index (χ1) is 14.3. The van der Waals surface area contributed by atoms with Crippen LogP contribution in [-0.2, 0) is 0 Å². The first-order valence-electron chi connectivity index (χ1n) is 10.8. The second-order valence-electron chi connectivity index (χ2n) is 8.24. The van der Waals surface area contributed by atoms with E-state index in [1.165, 1.54) is 25.9 Å². The van der Waals surface area contributed by atoms with E-state index in [2.05, 4.69) is 9.80 Å². The van der Waals surface area contributed by atoms with E-state index < -0.39 is 0 Å². The first-order valence-corrected chi connectivity index (χ1v) is 10.8. The van der Waals surface area contributed by atoms with Gasteiger partial charge in [-0.1, -0.05) is 18.2 Å². The van der Waals surface area contributed by atoms with Crippen molar-refractivity contribution >= 4 is 5.91 Å². The van der Waals surface area contributed by atoms with Gasteiger partial charge in [-0.2, -0.15) is 0 Å². The van der Waals surface area contributed by atoms with Gasteiger partial charge < -0.3 is 19.3 Å². The molecule has 2 aromatic carbocycles. The van der Waals surface area contributed by atoms with Crippen LogP contribution in [0.2, 0.25) is 0 Å². The summed E-state index contributed by atoms with van der Waals surface area (Å²) < 4.78 is 11.3. The Morgan fingerprint density at radius 2 is 1.59 bits per heavy atom. The molecule has 0 saturated carbocycles. The predicted octanol–water partition coefficient (Wildman–Crippen LogP) is 3.83. The Morgan fingerprint density at radius 1 is 0.862 bits per heavy atom. The largest absolute Gasteiger partial charge is 0.486 e. The molecule has 1 unspecified atom stereocenters. The Balaban J connectivity index is 1.30. The zero-order valence-electron chi connectivity index (χ0n) is 16.8. The molecular formula is C24H28N2O3. The van der Waals surface area contributed by atoms with Crippen LogP contribution in [0.15, 0.2) is 42.5 Å². The molecule has 5 heteroatoms. The molecule has 29 heavy (non-hydrogen) atoms. The Bertz CT molecular complexity index is 874. The number of benzene rings is 2. The van der Waals surface area contributed by atoms with Crippen molar-refractivity contribution in [3.8, 4) is 22.6 Å². The molecule has 3 aliphatic rings. The Hall–Kier alpha value is -2.53. The summed E-state index contributed by atoms with van der Waals surface area (Å²) in [5, 5.41) is 0. The van der Waals surface area contributed by atoms with Crippen LogP contribution in [0.5, 0.6) is 11.5 Å². The molecule has 0 bridgehead atoms. The number of amides is 1. The van der Waals surface area contributed by atoms with Gasteiger partial charge >= 0.3 is 0 Å². The Morgan fingerprint density at radius 3 is 2.38 bits per heavy atom. The maximum atomic E-state index is 13.1. The standard InChI is InChI=1S/C24H28N2O3/c27-24(26-13-3-4-21(26)17-25-11-1-2-12-25)19-7-5-18(6-8-19)20-9-10-22-23(16-20)29-15-14-28-22/h5-10,16,21H,1-4,11-15,17H2. The summed E-state index contributed by atoms with van der Waals surface area (Å²) in [6.45, 7) is 5.45. The number of nitrogens with zero attached hydrogens (tertiary/aromatic N) is 2. The van der Waals surface area contributed by atoms with Crippen molar-refractivity contribution in [3.63, 3.8) is 0 Å². The van der Waals surface area contributed by atoms with E-state index in [4.69, 9.17) is 9.47 Å². The lowest BCUT2D eigenvalue weighted by Crippen LogP contribution is -2.42. The predicted molar refractivity (Wildman–Crippen MR) is 113 cm³/mol. The zero-order chi connectivity index (χ0) is 19.6. The van der Waals surface area contributed by atoms with E-state index >= 15 is 0 Å². The van der Waals surface area contributed by atoms with Crippen molar-refractivity contribution in [1.82, 2.24) is 9.80 Å². The minimum atomic E-state index is 0.167. The summed E-state index contributed by atoms with van der Waals surface area (Å²) in [5.41, 5.74) is 2.93. The number of fused-ring (bicyclic) bond motifs is 1. The first kappa shape index (κ1) is 18.5. The molecule has 0 aliphatic carbocycles. The molecule has 2 fully saturated rings. The van der Waals surface area contributed by atoms with Crippen LogP contribution < -0.4 is 9.47 Å². The molecule has 1 amide bonds. The maximum absolute atomic E-state index is 13.1. The van der Waals surface area contributed by atoms with Crippen molar-refractivity contribution in [2.75, 3.05) is 39.4 Å². The van der Waals surface area contributed by atoms with Crippen molar-refractivity contribution in [3.05, 3.63) is 48.0 Å². The lowest BCUT2D eigenvalue weighted by Gasteiger charge is -2.28. The van der Waals surface area contributed by atoms with Gasteiger partial charge in [0.1, 0.15) is 13.2 Å². The van der Waals surface area contributed by atoms with Crippen LogP contribution in [0.4, 0.5) is 0 Å². The second kappa shape index (κ2) is 8.07. The van der Waals surface area contributed by atoms with Gasteiger partial charge in [0.15, 0.2) is 11.5 Å². The molecule has 5 rings (SSSR count). The van der Waals surface area contributed by atoms with Gasteiger partial charge in [0.05, 0.1) is 0 Å². The smallest absolute Gasteiger partial charge is 0.254 e. The number of carbonyl (C=O) groups is 1. The molecular weight excluding hydrogens is 364 g/mol. The van der Waals surface area contributed by atoms with Crippen molar-refractivity contribution in [2.45, 2.75) is 31.7 Å². The van der Waals surface area contributed by atoms with E-state index in [1.807, 2.05) is 42.5 Å². The van der Waals surface area contributed by atoms with Crippen LogP contribution >= 0.6 is 0 Å². The summed E-state index contributed by atoms with van der Waals surface area (Å²) in [4.78, 5) is 17.8. The Kier molecular flexibility index (Phi) is 5.15. The third-order valence-corrected chi connectivity index (χ3v) is 6.31. The summed E-state index contributed by atoms with van der Waals surface area (Å²) in [6.07, 6.45) is 4.82. The van der Waals surface area contributed by atoms with Gasteiger partial charge in [0.25, 0.3) is 5.91 Å². The normalized spacial score (nSPS) is 21.5. The van der Waals surface area contributed by atoms with E-state index in [-0.39, 0.29) is 5.91 Å². The van der Waals surface area contributed by atoms with Gasteiger partial charge in [-0.15, -0.1) is 0 Å². The second-order valence-corrected chi connectivity index (χ2v) is 8.24.